The first kappa shape index (κ1) is 21.8. The van der Waals surface area contributed by atoms with Crippen LogP contribution in [0.5, 0.6) is 0 Å². The molecule has 1 fully saturated rings. The molecule has 1 aromatic rings. The van der Waals surface area contributed by atoms with Crippen molar-refractivity contribution < 1.29 is 32.0 Å². The molecular weight excluding hydrogens is 360 g/mol. The maximum atomic E-state index is 13.2. The molecule has 0 N–H and O–H groups in total. The quantitative estimate of drug-likeness (QED) is 0.545. The molecule has 0 bridgehead atoms. The van der Waals surface area contributed by atoms with Gasteiger partial charge in [0.2, 0.25) is 0 Å². The molecule has 1 atom stereocenters. The topological polar surface area (TPSA) is 44.8 Å². The number of carbonyl (C=O) groups excluding carboxylic acids is 1. The average Bonchev–Trinajstić information content (AvgIpc) is 2.73. The third kappa shape index (κ3) is 4.66. The molecule has 1 aromatic carbocycles. The number of ether oxygens (including phenoxy) is 1. The van der Waals surface area contributed by atoms with E-state index in [0.29, 0.717) is 11.1 Å². The second-order valence-corrected chi connectivity index (χ2v) is 7.81. The highest BCUT2D eigenvalue weighted by Gasteiger charge is 2.54. The number of aryl methyl sites for hydroxylation is 1. The van der Waals surface area contributed by atoms with Crippen LogP contribution in [0.25, 0.3) is 0 Å². The number of rotatable bonds is 5. The summed E-state index contributed by atoms with van der Waals surface area (Å²) in [7, 11) is -0.860. The van der Waals surface area contributed by atoms with E-state index in [1.54, 1.807) is 13.8 Å². The number of hydrogen-bond donors (Lipinski definition) is 0. The van der Waals surface area contributed by atoms with Gasteiger partial charge < -0.3 is 14.0 Å². The lowest BCUT2D eigenvalue weighted by molar-refractivity contribution is -0.143. The van der Waals surface area contributed by atoms with Gasteiger partial charge >= 0.3 is 19.3 Å². The van der Waals surface area contributed by atoms with Crippen molar-refractivity contribution in [2.45, 2.75) is 71.2 Å². The van der Waals surface area contributed by atoms with Crippen LogP contribution < -0.4 is 0 Å². The van der Waals surface area contributed by atoms with Crippen molar-refractivity contribution in [1.29, 1.82) is 0 Å². The number of hydrogen-bond acceptors (Lipinski definition) is 4. The van der Waals surface area contributed by atoms with Crippen molar-refractivity contribution in [3.05, 3.63) is 34.9 Å². The molecule has 0 radical (unpaired) electrons. The number of halogens is 3. The van der Waals surface area contributed by atoms with Gasteiger partial charge in [0.05, 0.1) is 29.8 Å². The summed E-state index contributed by atoms with van der Waals surface area (Å²) in [4.78, 5) is 12.1. The Morgan fingerprint density at radius 2 is 1.74 bits per heavy atom. The average molecular weight is 386 g/mol. The Labute approximate surface area is 158 Å². The summed E-state index contributed by atoms with van der Waals surface area (Å²) in [5.74, 6) is -1.22. The molecule has 1 saturated heterocycles. The van der Waals surface area contributed by atoms with Crippen LogP contribution in [0.15, 0.2) is 18.2 Å². The first-order valence-electron chi connectivity index (χ1n) is 8.97. The van der Waals surface area contributed by atoms with E-state index in [2.05, 4.69) is 0 Å². The standard InChI is InChI=1S/C19H26BF3O4/c1-7-25-16(24)11-15(20-26-17(3,4)18(5,6)27-20)14-10-13(19(21,22)23)9-8-12(14)2/h8-10,15H,7,11H2,1-6H3. The minimum Gasteiger partial charge on any atom is -0.466 e. The summed E-state index contributed by atoms with van der Waals surface area (Å²) in [6, 6.07) is 3.51. The predicted molar refractivity (Wildman–Crippen MR) is 96.3 cm³/mol. The molecule has 0 spiro atoms. The van der Waals surface area contributed by atoms with Gasteiger partial charge in [-0.25, -0.2) is 0 Å². The molecule has 0 amide bonds. The van der Waals surface area contributed by atoms with Crippen LogP contribution in [0.1, 0.15) is 63.5 Å². The van der Waals surface area contributed by atoms with Crippen LogP contribution in [0, 0.1) is 6.92 Å². The smallest absolute Gasteiger partial charge is 0.466 e. The maximum absolute atomic E-state index is 13.2. The summed E-state index contributed by atoms with van der Waals surface area (Å²) in [5.41, 5.74) is -1.10. The van der Waals surface area contributed by atoms with Crippen LogP contribution in [0.4, 0.5) is 13.2 Å². The van der Waals surface area contributed by atoms with Gasteiger partial charge in [0.1, 0.15) is 0 Å². The Bertz CT molecular complexity index is 685. The van der Waals surface area contributed by atoms with Gasteiger partial charge in [0.15, 0.2) is 0 Å². The van der Waals surface area contributed by atoms with Gasteiger partial charge in [-0.1, -0.05) is 6.07 Å². The number of esters is 1. The van der Waals surface area contributed by atoms with Gasteiger partial charge in [0, 0.05) is 5.82 Å². The van der Waals surface area contributed by atoms with Gasteiger partial charge in [0.25, 0.3) is 0 Å². The van der Waals surface area contributed by atoms with Crippen molar-refractivity contribution in [3.8, 4) is 0 Å². The minimum atomic E-state index is -4.48. The summed E-state index contributed by atoms with van der Waals surface area (Å²) in [6.07, 6.45) is -4.61. The number of carbonyl (C=O) groups is 1. The fraction of sp³-hybridized carbons (Fsp3) is 0.632. The van der Waals surface area contributed by atoms with Crippen LogP contribution in [-0.4, -0.2) is 30.9 Å². The number of alkyl halides is 3. The molecular formula is C19H26BF3O4. The third-order valence-corrected chi connectivity index (χ3v) is 5.30. The Hall–Kier alpha value is -1.54. The fourth-order valence-electron chi connectivity index (χ4n) is 3.02. The Morgan fingerprint density at radius 1 is 1.19 bits per heavy atom. The van der Waals surface area contributed by atoms with Gasteiger partial charge in [-0.05, 0) is 64.8 Å². The molecule has 2 rings (SSSR count). The van der Waals surface area contributed by atoms with E-state index >= 15 is 0 Å². The monoisotopic (exact) mass is 386 g/mol. The second-order valence-electron chi connectivity index (χ2n) is 7.81. The summed E-state index contributed by atoms with van der Waals surface area (Å²) >= 11 is 0. The largest absolute Gasteiger partial charge is 0.466 e. The predicted octanol–water partition coefficient (Wildman–Crippen LogP) is 4.68. The molecule has 27 heavy (non-hydrogen) atoms. The molecule has 1 unspecified atom stereocenters. The lowest BCUT2D eigenvalue weighted by Gasteiger charge is -2.32. The van der Waals surface area contributed by atoms with E-state index in [1.165, 1.54) is 6.07 Å². The Balaban J connectivity index is 2.47. The summed E-state index contributed by atoms with van der Waals surface area (Å²) in [6.45, 7) is 11.0. The molecule has 4 nitrogen and oxygen atoms in total. The van der Waals surface area contributed by atoms with Crippen molar-refractivity contribution in [3.63, 3.8) is 0 Å². The normalized spacial score (nSPS) is 19.8. The van der Waals surface area contributed by atoms with Crippen LogP contribution in [-0.2, 0) is 25.0 Å². The Kier molecular flexibility index (Phi) is 6.02. The van der Waals surface area contributed by atoms with E-state index in [1.807, 2.05) is 27.7 Å². The van der Waals surface area contributed by atoms with E-state index in [0.717, 1.165) is 12.1 Å². The van der Waals surface area contributed by atoms with E-state index in [4.69, 9.17) is 14.0 Å². The zero-order valence-corrected chi connectivity index (χ0v) is 16.6. The molecule has 1 heterocycles. The highest BCUT2D eigenvalue weighted by atomic mass is 19.4. The van der Waals surface area contributed by atoms with Crippen molar-refractivity contribution in [2.24, 2.45) is 0 Å². The zero-order valence-electron chi connectivity index (χ0n) is 16.6. The summed E-state index contributed by atoms with van der Waals surface area (Å²) in [5, 5.41) is 0. The van der Waals surface area contributed by atoms with E-state index in [9.17, 15) is 18.0 Å². The van der Waals surface area contributed by atoms with Gasteiger partial charge in [-0.2, -0.15) is 13.2 Å². The number of benzene rings is 1. The van der Waals surface area contributed by atoms with Gasteiger partial charge in [-0.3, -0.25) is 4.79 Å². The first-order chi connectivity index (χ1) is 12.3. The molecule has 150 valence electrons. The van der Waals surface area contributed by atoms with Crippen molar-refractivity contribution in [2.75, 3.05) is 6.61 Å². The van der Waals surface area contributed by atoms with E-state index < -0.39 is 41.8 Å². The van der Waals surface area contributed by atoms with Crippen molar-refractivity contribution >= 4 is 13.1 Å². The molecule has 0 aliphatic carbocycles. The van der Waals surface area contributed by atoms with Crippen LogP contribution in [0.3, 0.4) is 0 Å². The zero-order chi connectivity index (χ0) is 20.6. The van der Waals surface area contributed by atoms with Crippen molar-refractivity contribution in [1.82, 2.24) is 0 Å². The molecule has 8 heteroatoms. The first-order valence-corrected chi connectivity index (χ1v) is 8.97. The fourth-order valence-corrected chi connectivity index (χ4v) is 3.02. The Morgan fingerprint density at radius 3 is 2.22 bits per heavy atom. The highest BCUT2D eigenvalue weighted by molar-refractivity contribution is 6.48. The molecule has 1 aliphatic rings. The molecule has 0 saturated carbocycles. The van der Waals surface area contributed by atoms with Gasteiger partial charge in [-0.15, -0.1) is 0 Å². The SMILES string of the molecule is CCOC(=O)CC(B1OC(C)(C)C(C)(C)O1)c1cc(C(F)(F)F)ccc1C. The third-order valence-electron chi connectivity index (χ3n) is 5.30. The van der Waals surface area contributed by atoms with E-state index in [-0.39, 0.29) is 13.0 Å². The summed E-state index contributed by atoms with van der Waals surface area (Å²) < 4.78 is 56.7. The lowest BCUT2D eigenvalue weighted by Crippen LogP contribution is -2.41. The van der Waals surface area contributed by atoms with Crippen LogP contribution in [0.2, 0.25) is 0 Å². The second kappa shape index (κ2) is 7.47. The highest BCUT2D eigenvalue weighted by Crippen LogP contribution is 2.43. The minimum absolute atomic E-state index is 0.132. The lowest BCUT2D eigenvalue weighted by atomic mass is 9.65. The maximum Gasteiger partial charge on any atom is 0.466 e. The van der Waals surface area contributed by atoms with Crippen LogP contribution >= 0.6 is 0 Å². The molecule has 0 aromatic heterocycles. The molecule has 1 aliphatic heterocycles.